The first-order chi connectivity index (χ1) is 14.1. The third-order valence-electron chi connectivity index (χ3n) is 3.92. The molecule has 0 aliphatic heterocycles. The number of nitrogens with zero attached hydrogens (tertiary/aromatic N) is 1. The number of hydrogen-bond acceptors (Lipinski definition) is 6. The molecule has 0 radical (unpaired) electrons. The smallest absolute Gasteiger partial charge is 0.276 e. The summed E-state index contributed by atoms with van der Waals surface area (Å²) in [5.41, 5.74) is 5.44. The molecule has 0 aromatic heterocycles. The van der Waals surface area contributed by atoms with Crippen molar-refractivity contribution in [1.29, 1.82) is 0 Å². The van der Waals surface area contributed by atoms with E-state index in [9.17, 15) is 19.7 Å². The lowest BCUT2D eigenvalue weighted by atomic mass is 9.87. The SMILES string of the molecule is CC(C)(C)c1ccc(OCC(=O)NNC(=O)COc2ccc([N+](=O)[O-])cc2)c(Br)c1. The summed E-state index contributed by atoms with van der Waals surface area (Å²) in [4.78, 5) is 33.7. The van der Waals surface area contributed by atoms with Crippen molar-refractivity contribution >= 4 is 33.4 Å². The van der Waals surface area contributed by atoms with Crippen LogP contribution in [0.25, 0.3) is 0 Å². The van der Waals surface area contributed by atoms with Crippen molar-refractivity contribution in [3.63, 3.8) is 0 Å². The maximum atomic E-state index is 11.9. The zero-order chi connectivity index (χ0) is 22.3. The van der Waals surface area contributed by atoms with Gasteiger partial charge in [0.1, 0.15) is 11.5 Å². The number of hydrogen-bond donors (Lipinski definition) is 2. The molecule has 2 N–H and O–H groups in total. The van der Waals surface area contributed by atoms with Crippen molar-refractivity contribution < 1.29 is 24.0 Å². The molecule has 0 aliphatic carbocycles. The van der Waals surface area contributed by atoms with E-state index < -0.39 is 16.7 Å². The molecule has 10 heteroatoms. The molecule has 2 aromatic rings. The predicted octanol–water partition coefficient (Wildman–Crippen LogP) is 3.26. The van der Waals surface area contributed by atoms with Gasteiger partial charge in [0.25, 0.3) is 17.5 Å². The molecule has 0 saturated carbocycles. The van der Waals surface area contributed by atoms with E-state index in [1.54, 1.807) is 6.07 Å². The van der Waals surface area contributed by atoms with Crippen LogP contribution in [0.3, 0.4) is 0 Å². The Morgan fingerprint density at radius 2 is 1.57 bits per heavy atom. The molecule has 2 aromatic carbocycles. The molecule has 30 heavy (non-hydrogen) atoms. The molecule has 0 unspecified atom stereocenters. The van der Waals surface area contributed by atoms with Crippen LogP contribution in [0.1, 0.15) is 26.3 Å². The lowest BCUT2D eigenvalue weighted by Crippen LogP contribution is -2.45. The van der Waals surface area contributed by atoms with Gasteiger partial charge in [-0.25, -0.2) is 0 Å². The Labute approximate surface area is 182 Å². The number of carbonyl (C=O) groups excluding carboxylic acids is 2. The summed E-state index contributed by atoms with van der Waals surface area (Å²) in [5, 5.41) is 10.6. The van der Waals surface area contributed by atoms with Crippen LogP contribution in [0.5, 0.6) is 11.5 Å². The Balaban J connectivity index is 1.74. The number of nitrogens with one attached hydrogen (secondary N) is 2. The van der Waals surface area contributed by atoms with Crippen LogP contribution in [-0.2, 0) is 15.0 Å². The third kappa shape index (κ3) is 7.03. The maximum absolute atomic E-state index is 11.9. The Kier molecular flexibility index (Phi) is 7.76. The van der Waals surface area contributed by atoms with Gasteiger partial charge in [-0.1, -0.05) is 26.8 Å². The topological polar surface area (TPSA) is 120 Å². The molecule has 9 nitrogen and oxygen atoms in total. The molecule has 0 fully saturated rings. The van der Waals surface area contributed by atoms with Crippen LogP contribution < -0.4 is 20.3 Å². The Morgan fingerprint density at radius 3 is 2.07 bits per heavy atom. The highest BCUT2D eigenvalue weighted by Crippen LogP contribution is 2.31. The molecule has 2 rings (SSSR count). The zero-order valence-electron chi connectivity index (χ0n) is 16.7. The number of non-ortho nitro benzene ring substituents is 1. The first kappa shape index (κ1) is 23.1. The van der Waals surface area contributed by atoms with Crippen molar-refractivity contribution in [2.24, 2.45) is 0 Å². The van der Waals surface area contributed by atoms with Gasteiger partial charge in [0.2, 0.25) is 0 Å². The highest BCUT2D eigenvalue weighted by molar-refractivity contribution is 9.10. The van der Waals surface area contributed by atoms with Crippen LogP contribution in [0.15, 0.2) is 46.9 Å². The summed E-state index contributed by atoms with van der Waals surface area (Å²) >= 11 is 3.43. The van der Waals surface area contributed by atoms with Gasteiger partial charge in [0.15, 0.2) is 13.2 Å². The van der Waals surface area contributed by atoms with Gasteiger partial charge in [0, 0.05) is 12.1 Å². The van der Waals surface area contributed by atoms with E-state index in [-0.39, 0.29) is 30.1 Å². The number of ether oxygens (including phenoxy) is 2. The number of rotatable bonds is 7. The zero-order valence-corrected chi connectivity index (χ0v) is 18.3. The van der Waals surface area contributed by atoms with Crippen molar-refractivity contribution in [1.82, 2.24) is 10.9 Å². The molecular formula is C20H22BrN3O6. The van der Waals surface area contributed by atoms with E-state index in [4.69, 9.17) is 9.47 Å². The number of amides is 2. The van der Waals surface area contributed by atoms with E-state index in [0.29, 0.717) is 5.75 Å². The van der Waals surface area contributed by atoms with Gasteiger partial charge in [-0.2, -0.15) is 0 Å². The molecule has 160 valence electrons. The molecule has 0 bridgehead atoms. The molecule has 0 heterocycles. The summed E-state index contributed by atoms with van der Waals surface area (Å²) in [6.45, 7) is 5.61. The van der Waals surface area contributed by atoms with E-state index in [1.165, 1.54) is 24.3 Å². The number of nitro groups is 1. The second-order valence-corrected chi connectivity index (χ2v) is 8.17. The van der Waals surface area contributed by atoms with Crippen molar-refractivity contribution in [2.45, 2.75) is 26.2 Å². The highest BCUT2D eigenvalue weighted by atomic mass is 79.9. The summed E-state index contributed by atoms with van der Waals surface area (Å²) in [6.07, 6.45) is 0. The number of carbonyl (C=O) groups is 2. The fourth-order valence-corrected chi connectivity index (χ4v) is 2.75. The Morgan fingerprint density at radius 1 is 1.00 bits per heavy atom. The van der Waals surface area contributed by atoms with Gasteiger partial charge >= 0.3 is 0 Å². The monoisotopic (exact) mass is 479 g/mol. The predicted molar refractivity (Wildman–Crippen MR) is 113 cm³/mol. The van der Waals surface area contributed by atoms with Gasteiger partial charge in [-0.05, 0) is 51.2 Å². The molecule has 0 aliphatic rings. The first-order valence-corrected chi connectivity index (χ1v) is 9.73. The molecular weight excluding hydrogens is 458 g/mol. The Bertz CT molecular complexity index is 925. The minimum atomic E-state index is -0.600. The molecule has 0 spiro atoms. The second kappa shape index (κ2) is 10.1. The largest absolute Gasteiger partial charge is 0.484 e. The molecule has 2 amide bonds. The number of halogens is 1. The van der Waals surface area contributed by atoms with Gasteiger partial charge in [-0.15, -0.1) is 0 Å². The van der Waals surface area contributed by atoms with E-state index in [2.05, 4.69) is 47.6 Å². The third-order valence-corrected chi connectivity index (χ3v) is 4.54. The molecule has 0 atom stereocenters. The second-order valence-electron chi connectivity index (χ2n) is 7.32. The normalized spacial score (nSPS) is 10.8. The van der Waals surface area contributed by atoms with Crippen LogP contribution >= 0.6 is 15.9 Å². The van der Waals surface area contributed by atoms with E-state index in [1.807, 2.05) is 12.1 Å². The number of benzene rings is 2. The maximum Gasteiger partial charge on any atom is 0.276 e. The minimum Gasteiger partial charge on any atom is -0.484 e. The van der Waals surface area contributed by atoms with Crippen LogP contribution in [-0.4, -0.2) is 30.0 Å². The fraction of sp³-hybridized carbons (Fsp3) is 0.300. The van der Waals surface area contributed by atoms with Crippen LogP contribution in [0, 0.1) is 10.1 Å². The van der Waals surface area contributed by atoms with Crippen molar-refractivity contribution in [3.8, 4) is 11.5 Å². The summed E-state index contributed by atoms with van der Waals surface area (Å²) in [7, 11) is 0. The summed E-state index contributed by atoms with van der Waals surface area (Å²) < 4.78 is 11.4. The van der Waals surface area contributed by atoms with E-state index in [0.717, 1.165) is 10.0 Å². The number of hydrazine groups is 1. The van der Waals surface area contributed by atoms with Crippen molar-refractivity contribution in [2.75, 3.05) is 13.2 Å². The first-order valence-electron chi connectivity index (χ1n) is 8.94. The van der Waals surface area contributed by atoms with Gasteiger partial charge in [-0.3, -0.25) is 30.6 Å². The minimum absolute atomic E-state index is 0.0146. The van der Waals surface area contributed by atoms with E-state index >= 15 is 0 Å². The highest BCUT2D eigenvalue weighted by Gasteiger charge is 2.16. The quantitative estimate of drug-likeness (QED) is 0.464. The number of nitro benzene ring substituents is 1. The van der Waals surface area contributed by atoms with Crippen LogP contribution in [0.4, 0.5) is 5.69 Å². The summed E-state index contributed by atoms with van der Waals surface area (Å²) in [6, 6.07) is 10.9. The average Bonchev–Trinajstić information content (AvgIpc) is 2.69. The fourth-order valence-electron chi connectivity index (χ4n) is 2.25. The Hall–Kier alpha value is -3.14. The van der Waals surface area contributed by atoms with Crippen LogP contribution in [0.2, 0.25) is 0 Å². The van der Waals surface area contributed by atoms with Gasteiger partial charge < -0.3 is 9.47 Å². The lowest BCUT2D eigenvalue weighted by molar-refractivity contribution is -0.384. The lowest BCUT2D eigenvalue weighted by Gasteiger charge is -2.20. The average molecular weight is 480 g/mol. The van der Waals surface area contributed by atoms with Crippen molar-refractivity contribution in [3.05, 3.63) is 62.6 Å². The van der Waals surface area contributed by atoms with Gasteiger partial charge in [0.05, 0.1) is 9.40 Å². The standard InChI is InChI=1S/C20H22BrN3O6/c1-20(2,3)13-4-9-17(16(21)10-13)30-12-19(26)23-22-18(25)11-29-15-7-5-14(6-8-15)24(27)28/h4-10H,11-12H2,1-3H3,(H,22,25)(H,23,26). The summed E-state index contributed by atoms with van der Waals surface area (Å²) in [5.74, 6) is -0.358. The molecule has 0 saturated heterocycles.